The van der Waals surface area contributed by atoms with Gasteiger partial charge in [0.25, 0.3) is 5.89 Å². The van der Waals surface area contributed by atoms with Gasteiger partial charge in [-0.3, -0.25) is 4.98 Å². The van der Waals surface area contributed by atoms with Crippen LogP contribution in [0.25, 0.3) is 23.0 Å². The summed E-state index contributed by atoms with van der Waals surface area (Å²) in [4.78, 5) is 19.4. The van der Waals surface area contributed by atoms with Crippen LogP contribution in [0.1, 0.15) is 19.3 Å². The average molecular weight is 308 g/mol. The standard InChI is InChI=1S/C16H16N6O/c1-2-8-22(9-3-1)14-10-12(4-5-19-14)15-20-16(23-21-15)13-11-17-6-7-18-13/h4-7,10-11H,1-3,8-9H2. The smallest absolute Gasteiger partial charge is 0.278 e. The molecule has 4 heterocycles. The number of anilines is 1. The molecule has 0 spiro atoms. The van der Waals surface area contributed by atoms with E-state index in [0.717, 1.165) is 24.5 Å². The molecule has 0 amide bonds. The van der Waals surface area contributed by atoms with Crippen molar-refractivity contribution in [3.63, 3.8) is 0 Å². The van der Waals surface area contributed by atoms with Crippen molar-refractivity contribution in [2.45, 2.75) is 19.3 Å². The van der Waals surface area contributed by atoms with Crippen molar-refractivity contribution >= 4 is 5.82 Å². The molecular formula is C16H16N6O. The van der Waals surface area contributed by atoms with Crippen LogP contribution in [0, 0.1) is 0 Å². The Bertz CT molecular complexity index is 782. The topological polar surface area (TPSA) is 80.8 Å². The van der Waals surface area contributed by atoms with E-state index in [-0.39, 0.29) is 0 Å². The van der Waals surface area contributed by atoms with E-state index >= 15 is 0 Å². The largest absolute Gasteiger partial charge is 0.357 e. The number of aromatic nitrogens is 5. The summed E-state index contributed by atoms with van der Waals surface area (Å²) in [6.45, 7) is 2.10. The second-order valence-electron chi connectivity index (χ2n) is 5.46. The van der Waals surface area contributed by atoms with Crippen molar-refractivity contribution in [3.05, 3.63) is 36.9 Å². The molecule has 116 valence electrons. The van der Waals surface area contributed by atoms with Crippen molar-refractivity contribution in [1.29, 1.82) is 0 Å². The summed E-state index contributed by atoms with van der Waals surface area (Å²) in [6, 6.07) is 3.90. The Morgan fingerprint density at radius 3 is 2.74 bits per heavy atom. The van der Waals surface area contributed by atoms with E-state index in [1.165, 1.54) is 19.3 Å². The monoisotopic (exact) mass is 308 g/mol. The van der Waals surface area contributed by atoms with Gasteiger partial charge in [0.1, 0.15) is 11.5 Å². The van der Waals surface area contributed by atoms with Gasteiger partial charge in [-0.1, -0.05) is 5.16 Å². The fourth-order valence-corrected chi connectivity index (χ4v) is 2.71. The Morgan fingerprint density at radius 2 is 1.91 bits per heavy atom. The molecule has 7 heteroatoms. The molecule has 3 aromatic rings. The van der Waals surface area contributed by atoms with E-state index in [0.29, 0.717) is 17.4 Å². The number of hydrogen-bond donors (Lipinski definition) is 0. The maximum Gasteiger partial charge on any atom is 0.278 e. The van der Waals surface area contributed by atoms with Gasteiger partial charge in [-0.2, -0.15) is 4.98 Å². The third-order valence-electron chi connectivity index (χ3n) is 3.89. The first-order chi connectivity index (χ1) is 11.4. The molecule has 1 fully saturated rings. The summed E-state index contributed by atoms with van der Waals surface area (Å²) >= 11 is 0. The number of pyridine rings is 1. The van der Waals surface area contributed by atoms with Gasteiger partial charge >= 0.3 is 0 Å². The van der Waals surface area contributed by atoms with Crippen LogP contribution in [0.15, 0.2) is 41.4 Å². The molecule has 1 saturated heterocycles. The van der Waals surface area contributed by atoms with Gasteiger partial charge in [-0.05, 0) is 31.4 Å². The van der Waals surface area contributed by atoms with E-state index in [2.05, 4.69) is 30.0 Å². The van der Waals surface area contributed by atoms with Crippen molar-refractivity contribution < 1.29 is 4.52 Å². The molecule has 0 aliphatic carbocycles. The Labute approximate surface area is 133 Å². The van der Waals surface area contributed by atoms with E-state index in [1.54, 1.807) is 24.8 Å². The molecule has 0 bridgehead atoms. The van der Waals surface area contributed by atoms with Gasteiger partial charge in [0.2, 0.25) is 5.82 Å². The van der Waals surface area contributed by atoms with Crippen LogP contribution >= 0.6 is 0 Å². The van der Waals surface area contributed by atoms with E-state index < -0.39 is 0 Å². The molecule has 1 aliphatic heterocycles. The summed E-state index contributed by atoms with van der Waals surface area (Å²) in [7, 11) is 0. The Balaban J connectivity index is 1.62. The second kappa shape index (κ2) is 6.12. The number of rotatable bonds is 3. The summed E-state index contributed by atoms with van der Waals surface area (Å²) < 4.78 is 5.29. The maximum absolute atomic E-state index is 5.29. The van der Waals surface area contributed by atoms with Crippen molar-refractivity contribution in [2.24, 2.45) is 0 Å². The normalized spacial score (nSPS) is 14.9. The minimum absolute atomic E-state index is 0.365. The molecule has 7 nitrogen and oxygen atoms in total. The minimum Gasteiger partial charge on any atom is -0.357 e. The highest BCUT2D eigenvalue weighted by atomic mass is 16.5. The van der Waals surface area contributed by atoms with Gasteiger partial charge in [-0.15, -0.1) is 0 Å². The lowest BCUT2D eigenvalue weighted by atomic mass is 10.1. The number of hydrogen-bond acceptors (Lipinski definition) is 7. The zero-order chi connectivity index (χ0) is 15.5. The first-order valence-corrected chi connectivity index (χ1v) is 7.71. The molecule has 0 saturated carbocycles. The summed E-state index contributed by atoms with van der Waals surface area (Å²) in [5.74, 6) is 1.86. The second-order valence-corrected chi connectivity index (χ2v) is 5.46. The van der Waals surface area contributed by atoms with Crippen molar-refractivity contribution in [1.82, 2.24) is 25.1 Å². The lowest BCUT2D eigenvalue weighted by molar-refractivity contribution is 0.431. The first kappa shape index (κ1) is 13.8. The van der Waals surface area contributed by atoms with E-state index in [9.17, 15) is 0 Å². The molecule has 0 unspecified atom stereocenters. The maximum atomic E-state index is 5.29. The predicted molar refractivity (Wildman–Crippen MR) is 84.6 cm³/mol. The minimum atomic E-state index is 0.365. The molecule has 3 aromatic heterocycles. The van der Waals surface area contributed by atoms with Crippen molar-refractivity contribution in [3.8, 4) is 23.0 Å². The van der Waals surface area contributed by atoms with Crippen LogP contribution in [0.4, 0.5) is 5.82 Å². The zero-order valence-corrected chi connectivity index (χ0v) is 12.6. The van der Waals surface area contributed by atoms with Crippen LogP contribution in [-0.4, -0.2) is 38.2 Å². The fourth-order valence-electron chi connectivity index (χ4n) is 2.71. The van der Waals surface area contributed by atoms with Crippen LogP contribution < -0.4 is 4.90 Å². The molecule has 0 N–H and O–H groups in total. The van der Waals surface area contributed by atoms with Gasteiger partial charge in [0.05, 0.1) is 6.20 Å². The summed E-state index contributed by atoms with van der Waals surface area (Å²) in [6.07, 6.45) is 10.3. The highest BCUT2D eigenvalue weighted by Gasteiger charge is 2.15. The third-order valence-corrected chi connectivity index (χ3v) is 3.89. The lowest BCUT2D eigenvalue weighted by Gasteiger charge is -2.27. The molecule has 4 rings (SSSR count). The molecule has 23 heavy (non-hydrogen) atoms. The SMILES string of the molecule is c1cnc(-c2nc(-c3ccnc(N4CCCCC4)c3)no2)cn1. The number of nitrogens with zero attached hydrogens (tertiary/aromatic N) is 6. The Hall–Kier alpha value is -2.83. The van der Waals surface area contributed by atoms with Crippen LogP contribution in [0.3, 0.4) is 0 Å². The van der Waals surface area contributed by atoms with Gasteiger partial charge in [0.15, 0.2) is 0 Å². The van der Waals surface area contributed by atoms with E-state index in [4.69, 9.17) is 4.52 Å². The molecule has 0 aromatic carbocycles. The Morgan fingerprint density at radius 1 is 1.00 bits per heavy atom. The fraction of sp³-hybridized carbons (Fsp3) is 0.312. The van der Waals surface area contributed by atoms with Crippen LogP contribution in [0.2, 0.25) is 0 Å². The molecule has 0 atom stereocenters. The highest BCUT2D eigenvalue weighted by Crippen LogP contribution is 2.24. The molecule has 0 radical (unpaired) electrons. The van der Waals surface area contributed by atoms with Crippen molar-refractivity contribution in [2.75, 3.05) is 18.0 Å². The summed E-state index contributed by atoms with van der Waals surface area (Å²) in [5, 5.41) is 4.05. The van der Waals surface area contributed by atoms with Crippen LogP contribution in [0.5, 0.6) is 0 Å². The van der Waals surface area contributed by atoms with Gasteiger partial charge in [0, 0.05) is 37.2 Å². The molecule has 1 aliphatic rings. The highest BCUT2D eigenvalue weighted by molar-refractivity contribution is 5.61. The quantitative estimate of drug-likeness (QED) is 0.735. The third kappa shape index (κ3) is 2.90. The van der Waals surface area contributed by atoms with E-state index in [1.807, 2.05) is 12.1 Å². The molecular weight excluding hydrogens is 292 g/mol. The van der Waals surface area contributed by atoms with Gasteiger partial charge in [-0.25, -0.2) is 9.97 Å². The average Bonchev–Trinajstić information content (AvgIpc) is 3.14. The first-order valence-electron chi connectivity index (χ1n) is 7.71. The van der Waals surface area contributed by atoms with Gasteiger partial charge < -0.3 is 9.42 Å². The van der Waals surface area contributed by atoms with Crippen LogP contribution in [-0.2, 0) is 0 Å². The zero-order valence-electron chi connectivity index (χ0n) is 12.6. The lowest BCUT2D eigenvalue weighted by Crippen LogP contribution is -2.30. The number of piperidine rings is 1. The predicted octanol–water partition coefficient (Wildman–Crippen LogP) is 2.58. The Kier molecular flexibility index (Phi) is 3.67. The summed E-state index contributed by atoms with van der Waals surface area (Å²) in [5.41, 5.74) is 1.45.